The van der Waals surface area contributed by atoms with E-state index in [9.17, 15) is 13.5 Å². The standard InChI is InChI=1S/C28H37N3O4S/c1-21-17-31(22(2)20-32)36(33,34)28-13-12-24(11-10-23-7-4-5-8-23)15-26(28)35-27(21)19-30(3)18-25-9-6-14-29-16-25/h6,9,12-16,21-23,27,32H,4-5,7-8,17-20H2,1-3H3/t21-,22+,27-/m0/s1. The number of nitrogens with zero attached hydrogens (tertiary/aromatic N) is 3. The van der Waals surface area contributed by atoms with Crippen molar-refractivity contribution in [3.05, 3.63) is 53.9 Å². The fourth-order valence-corrected chi connectivity index (χ4v) is 6.78. The minimum atomic E-state index is -3.86. The van der Waals surface area contributed by atoms with E-state index in [1.165, 1.54) is 17.1 Å². The average molecular weight is 512 g/mol. The predicted molar refractivity (Wildman–Crippen MR) is 140 cm³/mol. The van der Waals surface area contributed by atoms with Gasteiger partial charge in [-0.15, -0.1) is 0 Å². The van der Waals surface area contributed by atoms with Crippen molar-refractivity contribution in [2.24, 2.45) is 11.8 Å². The van der Waals surface area contributed by atoms with Gasteiger partial charge < -0.3 is 9.84 Å². The monoisotopic (exact) mass is 511 g/mol. The quantitative estimate of drug-likeness (QED) is 0.598. The molecule has 4 rings (SSSR count). The fourth-order valence-electron chi connectivity index (χ4n) is 4.95. The van der Waals surface area contributed by atoms with Gasteiger partial charge in [0.25, 0.3) is 0 Å². The number of benzene rings is 1. The van der Waals surface area contributed by atoms with E-state index in [1.54, 1.807) is 31.3 Å². The summed E-state index contributed by atoms with van der Waals surface area (Å²) in [6, 6.07) is 8.54. The lowest BCUT2D eigenvalue weighted by Crippen LogP contribution is -2.49. The van der Waals surface area contributed by atoms with Crippen molar-refractivity contribution in [2.75, 3.05) is 26.7 Å². The molecule has 1 aromatic carbocycles. The van der Waals surface area contributed by atoms with Crippen LogP contribution in [0.1, 0.15) is 50.7 Å². The van der Waals surface area contributed by atoms with E-state index in [0.717, 1.165) is 24.0 Å². The molecule has 1 aliphatic carbocycles. The zero-order valence-electron chi connectivity index (χ0n) is 21.4. The number of aromatic nitrogens is 1. The van der Waals surface area contributed by atoms with Crippen molar-refractivity contribution in [1.82, 2.24) is 14.2 Å². The third kappa shape index (κ3) is 6.27. The summed E-state index contributed by atoms with van der Waals surface area (Å²) >= 11 is 0. The number of aliphatic hydroxyl groups is 1. The molecule has 194 valence electrons. The van der Waals surface area contributed by atoms with E-state index in [4.69, 9.17) is 4.74 Å². The Labute approximate surface area is 215 Å². The number of hydrogen-bond acceptors (Lipinski definition) is 6. The third-order valence-electron chi connectivity index (χ3n) is 7.11. The van der Waals surface area contributed by atoms with Crippen LogP contribution in [0.3, 0.4) is 0 Å². The zero-order valence-corrected chi connectivity index (χ0v) is 22.2. The van der Waals surface area contributed by atoms with Crippen molar-refractivity contribution in [1.29, 1.82) is 0 Å². The first-order valence-electron chi connectivity index (χ1n) is 12.8. The van der Waals surface area contributed by atoms with Gasteiger partial charge in [-0.1, -0.05) is 37.7 Å². The van der Waals surface area contributed by atoms with Crippen LogP contribution in [0.4, 0.5) is 0 Å². The van der Waals surface area contributed by atoms with Gasteiger partial charge in [-0.25, -0.2) is 8.42 Å². The smallest absolute Gasteiger partial charge is 0.247 e. The normalized spacial score (nSPS) is 23.1. The average Bonchev–Trinajstić information content (AvgIpc) is 3.39. The Morgan fingerprint density at radius 3 is 2.75 bits per heavy atom. The second-order valence-electron chi connectivity index (χ2n) is 10.2. The number of aliphatic hydroxyl groups excluding tert-OH is 1. The summed E-state index contributed by atoms with van der Waals surface area (Å²) in [6.45, 7) is 5.06. The molecular formula is C28H37N3O4S. The molecule has 0 amide bonds. The minimum absolute atomic E-state index is 0.105. The maximum atomic E-state index is 13.7. The highest BCUT2D eigenvalue weighted by Crippen LogP contribution is 2.34. The van der Waals surface area contributed by atoms with Gasteiger partial charge in [-0.05, 0) is 56.6 Å². The molecule has 0 radical (unpaired) electrons. The lowest BCUT2D eigenvalue weighted by molar-refractivity contribution is 0.0733. The van der Waals surface area contributed by atoms with Crippen LogP contribution in [0.15, 0.2) is 47.6 Å². The Morgan fingerprint density at radius 1 is 1.28 bits per heavy atom. The maximum Gasteiger partial charge on any atom is 0.247 e. The van der Waals surface area contributed by atoms with Crippen LogP contribution in [0, 0.1) is 23.7 Å². The number of sulfonamides is 1. The van der Waals surface area contributed by atoms with Gasteiger partial charge in [-0.3, -0.25) is 9.88 Å². The van der Waals surface area contributed by atoms with Crippen molar-refractivity contribution in [3.63, 3.8) is 0 Å². The molecule has 1 aromatic heterocycles. The summed E-state index contributed by atoms with van der Waals surface area (Å²) in [5, 5.41) is 9.84. The molecular weight excluding hydrogens is 474 g/mol. The molecule has 0 unspecified atom stereocenters. The van der Waals surface area contributed by atoms with Crippen LogP contribution in [-0.4, -0.2) is 66.6 Å². The molecule has 2 aliphatic rings. The Hall–Kier alpha value is -2.44. The van der Waals surface area contributed by atoms with Crippen LogP contribution in [-0.2, 0) is 16.6 Å². The predicted octanol–water partition coefficient (Wildman–Crippen LogP) is 3.52. The van der Waals surface area contributed by atoms with Crippen molar-refractivity contribution in [2.45, 2.75) is 63.1 Å². The number of ether oxygens (including phenoxy) is 1. The van der Waals surface area contributed by atoms with Crippen LogP contribution in [0.5, 0.6) is 5.75 Å². The van der Waals surface area contributed by atoms with E-state index in [-0.39, 0.29) is 30.1 Å². The lowest BCUT2D eigenvalue weighted by atomic mass is 10.0. The molecule has 7 nitrogen and oxygen atoms in total. The second kappa shape index (κ2) is 11.7. The Kier molecular flexibility index (Phi) is 8.68. The molecule has 1 fully saturated rings. The van der Waals surface area contributed by atoms with E-state index in [2.05, 4.69) is 21.7 Å². The fraction of sp³-hybridized carbons (Fsp3) is 0.536. The van der Waals surface area contributed by atoms with Crippen molar-refractivity contribution >= 4 is 10.0 Å². The molecule has 1 saturated carbocycles. The largest absolute Gasteiger partial charge is 0.487 e. The van der Waals surface area contributed by atoms with Crippen LogP contribution in [0.2, 0.25) is 0 Å². The summed E-state index contributed by atoms with van der Waals surface area (Å²) in [4.78, 5) is 6.49. The molecule has 0 saturated heterocycles. The first-order valence-corrected chi connectivity index (χ1v) is 14.2. The molecule has 1 aliphatic heterocycles. The molecule has 3 atom stereocenters. The summed E-state index contributed by atoms with van der Waals surface area (Å²) in [7, 11) is -1.83. The Morgan fingerprint density at radius 2 is 2.06 bits per heavy atom. The highest BCUT2D eigenvalue weighted by atomic mass is 32.2. The molecule has 36 heavy (non-hydrogen) atoms. The first-order chi connectivity index (χ1) is 17.3. The number of pyridine rings is 1. The third-order valence-corrected chi connectivity index (χ3v) is 9.13. The van der Waals surface area contributed by atoms with Crippen LogP contribution >= 0.6 is 0 Å². The van der Waals surface area contributed by atoms with Crippen LogP contribution in [0.25, 0.3) is 0 Å². The van der Waals surface area contributed by atoms with E-state index in [0.29, 0.717) is 24.8 Å². The lowest BCUT2D eigenvalue weighted by Gasteiger charge is -2.37. The molecule has 2 aromatic rings. The molecule has 8 heteroatoms. The van der Waals surface area contributed by atoms with Crippen molar-refractivity contribution in [3.8, 4) is 17.6 Å². The van der Waals surface area contributed by atoms with Gasteiger partial charge in [0.15, 0.2) is 0 Å². The van der Waals surface area contributed by atoms with E-state index in [1.807, 2.05) is 32.3 Å². The number of likely N-dealkylation sites (N-methyl/N-ethyl adjacent to an activating group) is 1. The topological polar surface area (TPSA) is 83.0 Å². The van der Waals surface area contributed by atoms with Crippen LogP contribution < -0.4 is 4.74 Å². The number of hydrogen-bond donors (Lipinski definition) is 1. The molecule has 2 heterocycles. The summed E-state index contributed by atoms with van der Waals surface area (Å²) < 4.78 is 35.2. The van der Waals surface area contributed by atoms with Crippen molar-refractivity contribution < 1.29 is 18.3 Å². The highest BCUT2D eigenvalue weighted by Gasteiger charge is 2.38. The zero-order chi connectivity index (χ0) is 25.7. The number of fused-ring (bicyclic) bond motifs is 1. The van der Waals surface area contributed by atoms with Gasteiger partial charge >= 0.3 is 0 Å². The molecule has 0 bridgehead atoms. The molecule has 1 N–H and O–H groups in total. The van der Waals surface area contributed by atoms with Gasteiger partial charge in [0.05, 0.1) is 6.61 Å². The Balaban J connectivity index is 1.66. The SMILES string of the molecule is C[C@H](CO)N1C[C@H](C)[C@H](CN(C)Cc2cccnc2)Oc2cc(C#CC3CCCC3)ccc2S1(=O)=O. The van der Waals surface area contributed by atoms with Gasteiger partial charge in [0, 0.05) is 55.5 Å². The first kappa shape index (κ1) is 26.6. The summed E-state index contributed by atoms with van der Waals surface area (Å²) in [5.74, 6) is 7.24. The van der Waals surface area contributed by atoms with Gasteiger partial charge in [-0.2, -0.15) is 4.31 Å². The van der Waals surface area contributed by atoms with Gasteiger partial charge in [0.2, 0.25) is 10.0 Å². The minimum Gasteiger partial charge on any atom is -0.487 e. The Bertz CT molecular complexity index is 1190. The summed E-state index contributed by atoms with van der Waals surface area (Å²) in [5.41, 5.74) is 1.86. The van der Waals surface area contributed by atoms with Gasteiger partial charge in [0.1, 0.15) is 16.7 Å². The number of rotatable bonds is 6. The maximum absolute atomic E-state index is 13.7. The highest BCUT2D eigenvalue weighted by molar-refractivity contribution is 7.89. The van der Waals surface area contributed by atoms with E-state index < -0.39 is 16.1 Å². The summed E-state index contributed by atoms with van der Waals surface area (Å²) in [6.07, 6.45) is 8.03. The van der Waals surface area contributed by atoms with E-state index >= 15 is 0 Å². The second-order valence-corrected chi connectivity index (χ2v) is 12.1. The molecule has 0 spiro atoms.